The number of ether oxygens (including phenoxy) is 1. The minimum absolute atomic E-state index is 0.0910. The number of aliphatic hydroxyl groups excluding tert-OH is 1. The number of hydrogen-bond acceptors (Lipinski definition) is 5. The molecule has 0 unspecified atom stereocenters. The molecule has 0 heterocycles. The number of carbonyl (C=O) groups is 2. The molecule has 0 aliphatic carbocycles. The smallest absolute Gasteiger partial charge is 0.300 e. The average Bonchev–Trinajstić information content (AvgIpc) is 2.28. The molecule has 0 atom stereocenters. The molecule has 0 fully saturated rings. The van der Waals surface area contributed by atoms with Crippen LogP contribution in [0.5, 0.6) is 11.5 Å². The van der Waals surface area contributed by atoms with Crippen LogP contribution in [-0.2, 0) is 16.2 Å². The van der Waals surface area contributed by atoms with Crippen molar-refractivity contribution in [3.63, 3.8) is 0 Å². The highest BCUT2D eigenvalue weighted by Crippen LogP contribution is 2.22. The number of benzene rings is 1. The van der Waals surface area contributed by atoms with E-state index >= 15 is 0 Å². The van der Waals surface area contributed by atoms with E-state index in [2.05, 4.69) is 0 Å². The van der Waals surface area contributed by atoms with E-state index in [4.69, 9.17) is 34.8 Å². The van der Waals surface area contributed by atoms with Crippen molar-refractivity contribution in [3.8, 4) is 11.5 Å². The average molecular weight is 274 g/mol. The van der Waals surface area contributed by atoms with Crippen molar-refractivity contribution in [2.45, 2.75) is 20.5 Å². The Morgan fingerprint density at radius 1 is 1.16 bits per heavy atom. The summed E-state index contributed by atoms with van der Waals surface area (Å²) in [6.07, 6.45) is 0. The fourth-order valence-corrected chi connectivity index (χ4v) is 0.815. The molecule has 0 aliphatic heterocycles. The number of carboxylic acid groups (broad SMARTS) is 2. The van der Waals surface area contributed by atoms with Crippen molar-refractivity contribution in [1.82, 2.24) is 0 Å². The molecule has 0 saturated carbocycles. The van der Waals surface area contributed by atoms with Crippen LogP contribution < -0.4 is 4.74 Å². The first-order valence-electron chi connectivity index (χ1n) is 5.10. The van der Waals surface area contributed by atoms with E-state index in [9.17, 15) is 0 Å². The van der Waals surface area contributed by atoms with Crippen LogP contribution in [0.3, 0.4) is 0 Å². The lowest BCUT2D eigenvalue weighted by molar-refractivity contribution is -0.135. The van der Waals surface area contributed by atoms with Gasteiger partial charge >= 0.3 is 0 Å². The predicted molar refractivity (Wildman–Crippen MR) is 67.2 cm³/mol. The fourth-order valence-electron chi connectivity index (χ4n) is 0.815. The highest BCUT2D eigenvalue weighted by molar-refractivity contribution is 5.63. The number of methoxy groups -OCH3 is 1. The third-order valence-electron chi connectivity index (χ3n) is 1.46. The van der Waals surface area contributed by atoms with Crippen LogP contribution in [-0.4, -0.2) is 39.5 Å². The molecule has 0 radical (unpaired) electrons. The van der Waals surface area contributed by atoms with Crippen LogP contribution in [0.2, 0.25) is 0 Å². The van der Waals surface area contributed by atoms with Crippen molar-refractivity contribution in [3.05, 3.63) is 23.8 Å². The Morgan fingerprint density at radius 3 is 1.89 bits per heavy atom. The predicted octanol–water partition coefficient (Wildman–Crippen LogP) is 1.07. The van der Waals surface area contributed by atoms with E-state index in [1.165, 1.54) is 13.2 Å². The minimum Gasteiger partial charge on any atom is -0.508 e. The van der Waals surface area contributed by atoms with Gasteiger partial charge in [0.1, 0.15) is 11.5 Å². The minimum atomic E-state index is -0.833. The second-order valence-electron chi connectivity index (χ2n) is 3.19. The molecule has 0 bridgehead atoms. The van der Waals surface area contributed by atoms with Crippen molar-refractivity contribution >= 4 is 11.9 Å². The van der Waals surface area contributed by atoms with Crippen molar-refractivity contribution < 1.29 is 34.8 Å². The molecule has 0 amide bonds. The molecule has 1 aromatic carbocycles. The zero-order valence-corrected chi connectivity index (χ0v) is 11.0. The molecular weight excluding hydrogens is 256 g/mol. The van der Waals surface area contributed by atoms with Gasteiger partial charge in [0.15, 0.2) is 0 Å². The van der Waals surface area contributed by atoms with E-state index in [1.54, 1.807) is 12.1 Å². The Kier molecular flexibility index (Phi) is 10.9. The van der Waals surface area contributed by atoms with Gasteiger partial charge in [-0.25, -0.2) is 0 Å². The molecule has 19 heavy (non-hydrogen) atoms. The van der Waals surface area contributed by atoms with E-state index < -0.39 is 11.9 Å². The van der Waals surface area contributed by atoms with E-state index in [0.29, 0.717) is 11.3 Å². The summed E-state index contributed by atoms with van der Waals surface area (Å²) in [7, 11) is 1.54. The second-order valence-corrected chi connectivity index (χ2v) is 3.19. The van der Waals surface area contributed by atoms with Crippen molar-refractivity contribution in [2.24, 2.45) is 0 Å². The zero-order chi connectivity index (χ0) is 15.4. The highest BCUT2D eigenvalue weighted by Gasteiger charge is 2.00. The zero-order valence-electron chi connectivity index (χ0n) is 11.0. The molecule has 0 spiro atoms. The number of aromatic hydroxyl groups is 1. The number of phenols is 1. The fraction of sp³-hybridized carbons (Fsp3) is 0.333. The van der Waals surface area contributed by atoms with Gasteiger partial charge in [-0.3, -0.25) is 9.59 Å². The molecule has 7 nitrogen and oxygen atoms in total. The largest absolute Gasteiger partial charge is 0.508 e. The molecule has 7 heteroatoms. The Morgan fingerprint density at radius 2 is 1.58 bits per heavy atom. The van der Waals surface area contributed by atoms with Gasteiger partial charge in [-0.1, -0.05) is 0 Å². The number of aliphatic hydroxyl groups is 1. The van der Waals surface area contributed by atoms with Gasteiger partial charge in [0.05, 0.1) is 13.7 Å². The van der Waals surface area contributed by atoms with Crippen molar-refractivity contribution in [2.75, 3.05) is 7.11 Å². The summed E-state index contributed by atoms with van der Waals surface area (Å²) in [5.41, 5.74) is 0.476. The summed E-state index contributed by atoms with van der Waals surface area (Å²) in [6.45, 7) is 1.99. The first-order valence-corrected chi connectivity index (χ1v) is 5.10. The van der Waals surface area contributed by atoms with Gasteiger partial charge in [-0.2, -0.15) is 0 Å². The lowest BCUT2D eigenvalue weighted by Crippen LogP contribution is -1.87. The third kappa shape index (κ3) is 13.7. The van der Waals surface area contributed by atoms with Gasteiger partial charge in [0.25, 0.3) is 11.9 Å². The number of rotatable bonds is 2. The van der Waals surface area contributed by atoms with Crippen LogP contribution in [0.15, 0.2) is 18.2 Å². The van der Waals surface area contributed by atoms with E-state index in [-0.39, 0.29) is 12.4 Å². The van der Waals surface area contributed by atoms with Gasteiger partial charge in [-0.05, 0) is 18.2 Å². The molecule has 4 N–H and O–H groups in total. The molecular formula is C12H18O7. The van der Waals surface area contributed by atoms with Crippen LogP contribution in [0, 0.1) is 0 Å². The first-order chi connectivity index (χ1) is 8.74. The summed E-state index contributed by atoms with van der Waals surface area (Å²) in [5, 5.41) is 32.7. The van der Waals surface area contributed by atoms with Crippen molar-refractivity contribution in [1.29, 1.82) is 0 Å². The topological polar surface area (TPSA) is 124 Å². The Labute approximate surface area is 110 Å². The Hall–Kier alpha value is -2.28. The summed E-state index contributed by atoms with van der Waals surface area (Å²) in [6, 6.07) is 4.72. The van der Waals surface area contributed by atoms with Gasteiger partial charge in [0, 0.05) is 19.4 Å². The van der Waals surface area contributed by atoms with Gasteiger partial charge in [-0.15, -0.1) is 0 Å². The van der Waals surface area contributed by atoms with E-state index in [0.717, 1.165) is 13.8 Å². The SMILES string of the molecule is CC(=O)O.CC(=O)O.COc1ccc(O)c(CO)c1. The lowest BCUT2D eigenvalue weighted by Gasteiger charge is -2.03. The van der Waals surface area contributed by atoms with Gasteiger partial charge in [0.2, 0.25) is 0 Å². The maximum absolute atomic E-state index is 9.11. The molecule has 0 saturated heterocycles. The lowest BCUT2D eigenvalue weighted by atomic mass is 10.2. The highest BCUT2D eigenvalue weighted by atomic mass is 16.5. The molecule has 0 aliphatic rings. The number of aliphatic carboxylic acids is 2. The standard InChI is InChI=1S/C8H10O3.2C2H4O2/c1-11-7-2-3-8(10)6(4-7)5-9;2*1-2(3)4/h2-4,9-10H,5H2,1H3;2*1H3,(H,3,4). The molecule has 108 valence electrons. The third-order valence-corrected chi connectivity index (χ3v) is 1.46. The molecule has 1 aromatic rings. The Balaban J connectivity index is 0. The van der Waals surface area contributed by atoms with Crippen LogP contribution in [0.4, 0.5) is 0 Å². The van der Waals surface area contributed by atoms with Crippen LogP contribution >= 0.6 is 0 Å². The molecule has 0 aromatic heterocycles. The first kappa shape index (κ1) is 19.1. The molecule has 1 rings (SSSR count). The van der Waals surface area contributed by atoms with Crippen LogP contribution in [0.25, 0.3) is 0 Å². The summed E-state index contributed by atoms with van der Waals surface area (Å²) in [4.78, 5) is 18.0. The normalized spacial score (nSPS) is 8.21. The second kappa shape index (κ2) is 10.8. The number of hydrogen-bond donors (Lipinski definition) is 4. The van der Waals surface area contributed by atoms with E-state index in [1.807, 2.05) is 0 Å². The van der Waals surface area contributed by atoms with Crippen LogP contribution in [0.1, 0.15) is 19.4 Å². The summed E-state index contributed by atoms with van der Waals surface area (Å²) in [5.74, 6) is -0.944. The monoisotopic (exact) mass is 274 g/mol. The maximum Gasteiger partial charge on any atom is 0.300 e. The number of carboxylic acids is 2. The maximum atomic E-state index is 9.11. The Bertz CT molecular complexity index is 381. The quantitative estimate of drug-likeness (QED) is 0.635. The van der Waals surface area contributed by atoms with Gasteiger partial charge < -0.3 is 25.2 Å². The summed E-state index contributed by atoms with van der Waals surface area (Å²) >= 11 is 0. The summed E-state index contributed by atoms with van der Waals surface area (Å²) < 4.78 is 4.89.